The molecule has 0 radical (unpaired) electrons. The van der Waals surface area contributed by atoms with Gasteiger partial charge in [-0.1, -0.05) is 39.0 Å². The Bertz CT molecular complexity index is 418. The molecule has 106 valence electrons. The van der Waals surface area contributed by atoms with Crippen molar-refractivity contribution in [3.63, 3.8) is 0 Å². The predicted molar refractivity (Wildman–Crippen MR) is 77.6 cm³/mol. The van der Waals surface area contributed by atoms with E-state index in [4.69, 9.17) is 9.84 Å². The second kappa shape index (κ2) is 6.73. The molecule has 0 fully saturated rings. The number of rotatable bonds is 6. The van der Waals surface area contributed by atoms with E-state index in [0.717, 1.165) is 11.3 Å². The molecule has 0 aromatic heterocycles. The molecule has 2 N–H and O–H groups in total. The quantitative estimate of drug-likeness (QED) is 0.776. The summed E-state index contributed by atoms with van der Waals surface area (Å²) in [6.45, 7) is 10.0. The van der Waals surface area contributed by atoms with Crippen molar-refractivity contribution in [3.8, 4) is 5.75 Å². The van der Waals surface area contributed by atoms with Gasteiger partial charge in [-0.05, 0) is 29.0 Å². The smallest absolute Gasteiger partial charge is 0.122 e. The van der Waals surface area contributed by atoms with Gasteiger partial charge in [0, 0.05) is 0 Å². The van der Waals surface area contributed by atoms with Crippen LogP contribution in [0, 0.1) is 0 Å². The van der Waals surface area contributed by atoms with Crippen molar-refractivity contribution in [2.24, 2.45) is 0 Å². The van der Waals surface area contributed by atoms with E-state index in [1.165, 1.54) is 5.56 Å². The normalized spacial score (nSPS) is 13.1. The first kappa shape index (κ1) is 15.7. The SMILES string of the molecule is C=CCc1cc(C(C)(C)C)ccc1OCC(O)CO. The minimum absolute atomic E-state index is 0.0824. The maximum Gasteiger partial charge on any atom is 0.122 e. The van der Waals surface area contributed by atoms with E-state index < -0.39 is 6.10 Å². The van der Waals surface area contributed by atoms with Crippen LogP contribution in [-0.2, 0) is 11.8 Å². The summed E-state index contributed by atoms with van der Waals surface area (Å²) in [6, 6.07) is 6.07. The third kappa shape index (κ3) is 4.69. The fraction of sp³-hybridized carbons (Fsp3) is 0.500. The van der Waals surface area contributed by atoms with E-state index in [9.17, 15) is 5.11 Å². The number of aliphatic hydroxyl groups is 2. The molecule has 1 aromatic carbocycles. The van der Waals surface area contributed by atoms with E-state index >= 15 is 0 Å². The van der Waals surface area contributed by atoms with Crippen LogP contribution in [0.3, 0.4) is 0 Å². The lowest BCUT2D eigenvalue weighted by Crippen LogP contribution is -2.21. The Hall–Kier alpha value is -1.32. The van der Waals surface area contributed by atoms with Crippen molar-refractivity contribution in [3.05, 3.63) is 42.0 Å². The summed E-state index contributed by atoms with van der Waals surface area (Å²) < 4.78 is 5.55. The number of allylic oxidation sites excluding steroid dienone is 1. The van der Waals surface area contributed by atoms with Crippen molar-refractivity contribution in [1.29, 1.82) is 0 Å². The van der Waals surface area contributed by atoms with Gasteiger partial charge in [0.15, 0.2) is 0 Å². The van der Waals surface area contributed by atoms with Crippen molar-refractivity contribution < 1.29 is 14.9 Å². The van der Waals surface area contributed by atoms with Crippen LogP contribution < -0.4 is 4.74 Å². The molecule has 0 saturated heterocycles. The molecular weight excluding hydrogens is 240 g/mol. The number of benzene rings is 1. The van der Waals surface area contributed by atoms with Crippen molar-refractivity contribution in [2.75, 3.05) is 13.2 Å². The zero-order chi connectivity index (χ0) is 14.5. The highest BCUT2D eigenvalue weighted by molar-refractivity contribution is 5.40. The Labute approximate surface area is 115 Å². The fourth-order valence-electron chi connectivity index (χ4n) is 1.74. The second-order valence-corrected chi connectivity index (χ2v) is 5.71. The predicted octanol–water partition coefficient (Wildman–Crippen LogP) is 2.44. The molecule has 0 bridgehead atoms. The summed E-state index contributed by atoms with van der Waals surface area (Å²) in [5.74, 6) is 0.736. The lowest BCUT2D eigenvalue weighted by atomic mass is 9.85. The lowest BCUT2D eigenvalue weighted by Gasteiger charge is -2.21. The van der Waals surface area contributed by atoms with Gasteiger partial charge in [-0.2, -0.15) is 0 Å². The Morgan fingerprint density at radius 3 is 2.58 bits per heavy atom. The maximum atomic E-state index is 9.33. The molecule has 3 nitrogen and oxygen atoms in total. The van der Waals surface area contributed by atoms with Crippen LogP contribution in [-0.4, -0.2) is 29.5 Å². The van der Waals surface area contributed by atoms with Crippen LogP contribution in [0.4, 0.5) is 0 Å². The summed E-state index contributed by atoms with van der Waals surface area (Å²) in [5.41, 5.74) is 2.37. The summed E-state index contributed by atoms with van der Waals surface area (Å²) in [7, 11) is 0. The molecule has 1 rings (SSSR count). The minimum atomic E-state index is -0.848. The first-order valence-electron chi connectivity index (χ1n) is 6.54. The van der Waals surface area contributed by atoms with Crippen molar-refractivity contribution >= 4 is 0 Å². The van der Waals surface area contributed by atoms with Crippen LogP contribution >= 0.6 is 0 Å². The summed E-state index contributed by atoms with van der Waals surface area (Å²) in [5, 5.41) is 18.1. The Morgan fingerprint density at radius 1 is 1.37 bits per heavy atom. The topological polar surface area (TPSA) is 49.7 Å². The number of aliphatic hydroxyl groups excluding tert-OH is 2. The molecule has 0 aliphatic heterocycles. The van der Waals surface area contributed by atoms with E-state index in [0.29, 0.717) is 6.42 Å². The molecule has 0 aliphatic carbocycles. The standard InChI is InChI=1S/C16H24O3/c1-5-6-12-9-13(16(2,3)4)7-8-15(12)19-11-14(18)10-17/h5,7-9,14,17-18H,1,6,10-11H2,2-4H3. The van der Waals surface area contributed by atoms with Crippen LogP contribution in [0.5, 0.6) is 5.75 Å². The van der Waals surface area contributed by atoms with Gasteiger partial charge < -0.3 is 14.9 Å². The number of hydrogen-bond acceptors (Lipinski definition) is 3. The second-order valence-electron chi connectivity index (χ2n) is 5.71. The summed E-state index contributed by atoms with van der Waals surface area (Å²) in [6.07, 6.45) is 1.70. The van der Waals surface area contributed by atoms with Gasteiger partial charge in [-0.3, -0.25) is 0 Å². The van der Waals surface area contributed by atoms with E-state index in [-0.39, 0.29) is 18.6 Å². The number of ether oxygens (including phenoxy) is 1. The fourth-order valence-corrected chi connectivity index (χ4v) is 1.74. The summed E-state index contributed by atoms with van der Waals surface area (Å²) >= 11 is 0. The molecule has 1 aromatic rings. The van der Waals surface area contributed by atoms with Crippen molar-refractivity contribution in [2.45, 2.75) is 38.7 Å². The lowest BCUT2D eigenvalue weighted by molar-refractivity contribution is 0.0533. The van der Waals surface area contributed by atoms with Crippen LogP contribution in [0.2, 0.25) is 0 Å². The summed E-state index contributed by atoms with van der Waals surface area (Å²) in [4.78, 5) is 0. The zero-order valence-corrected chi connectivity index (χ0v) is 12.0. The highest BCUT2D eigenvalue weighted by atomic mass is 16.5. The Morgan fingerprint density at radius 2 is 2.05 bits per heavy atom. The van der Waals surface area contributed by atoms with Crippen LogP contribution in [0.25, 0.3) is 0 Å². The van der Waals surface area contributed by atoms with Gasteiger partial charge in [0.05, 0.1) is 6.61 Å². The molecule has 0 amide bonds. The maximum absolute atomic E-state index is 9.33. The number of hydrogen-bond donors (Lipinski definition) is 2. The van der Waals surface area contributed by atoms with Crippen molar-refractivity contribution in [1.82, 2.24) is 0 Å². The molecule has 19 heavy (non-hydrogen) atoms. The monoisotopic (exact) mass is 264 g/mol. The van der Waals surface area contributed by atoms with E-state index in [1.807, 2.05) is 18.2 Å². The van der Waals surface area contributed by atoms with E-state index in [1.54, 1.807) is 0 Å². The molecule has 1 unspecified atom stereocenters. The average Bonchev–Trinajstić information content (AvgIpc) is 2.36. The van der Waals surface area contributed by atoms with Crippen LogP contribution in [0.1, 0.15) is 31.9 Å². The van der Waals surface area contributed by atoms with Gasteiger partial charge in [-0.15, -0.1) is 6.58 Å². The molecule has 1 atom stereocenters. The largest absolute Gasteiger partial charge is 0.491 e. The molecule has 3 heteroatoms. The van der Waals surface area contributed by atoms with E-state index in [2.05, 4.69) is 33.4 Å². The third-order valence-electron chi connectivity index (χ3n) is 2.93. The zero-order valence-electron chi connectivity index (χ0n) is 12.0. The third-order valence-corrected chi connectivity index (χ3v) is 2.93. The van der Waals surface area contributed by atoms with Gasteiger partial charge in [0.25, 0.3) is 0 Å². The van der Waals surface area contributed by atoms with Gasteiger partial charge in [-0.25, -0.2) is 0 Å². The highest BCUT2D eigenvalue weighted by Crippen LogP contribution is 2.28. The molecule has 0 aliphatic rings. The van der Waals surface area contributed by atoms with Gasteiger partial charge in [0.2, 0.25) is 0 Å². The first-order valence-corrected chi connectivity index (χ1v) is 6.54. The molecular formula is C16H24O3. The molecule has 0 heterocycles. The highest BCUT2D eigenvalue weighted by Gasteiger charge is 2.16. The van der Waals surface area contributed by atoms with Gasteiger partial charge in [0.1, 0.15) is 18.5 Å². The Balaban J connectivity index is 2.94. The van der Waals surface area contributed by atoms with Crippen LogP contribution in [0.15, 0.2) is 30.9 Å². The minimum Gasteiger partial charge on any atom is -0.491 e. The first-order chi connectivity index (χ1) is 8.88. The van der Waals surface area contributed by atoms with Gasteiger partial charge >= 0.3 is 0 Å². The average molecular weight is 264 g/mol. The molecule has 0 spiro atoms. The molecule has 0 saturated carbocycles. The Kier molecular flexibility index (Phi) is 5.58.